The molecule has 1 fully saturated rings. The molecule has 0 saturated heterocycles. The van der Waals surface area contributed by atoms with E-state index in [0.717, 1.165) is 31.4 Å². The predicted octanol–water partition coefficient (Wildman–Crippen LogP) is 2.97. The fraction of sp³-hybridized carbons (Fsp3) is 0.389. The summed E-state index contributed by atoms with van der Waals surface area (Å²) >= 11 is 0. The normalized spacial score (nSPS) is 25.2. The number of carboxylic acids is 1. The van der Waals surface area contributed by atoms with E-state index in [1.165, 1.54) is 11.6 Å². The molecule has 1 aromatic carbocycles. The Bertz CT molecular complexity index is 828. The third-order valence-corrected chi connectivity index (χ3v) is 5.50. The van der Waals surface area contributed by atoms with Crippen molar-refractivity contribution in [2.24, 2.45) is 0 Å². The van der Waals surface area contributed by atoms with Gasteiger partial charge in [0.1, 0.15) is 5.69 Å². The van der Waals surface area contributed by atoms with Crippen molar-refractivity contribution in [3.8, 4) is 0 Å². The molecule has 2 N–H and O–H groups in total. The number of nitrogens with zero attached hydrogens (tertiary/aromatic N) is 2. The number of aromatic nitrogens is 2. The number of nitrogens with one attached hydrogen (secondary N) is 1. The second-order valence-electron chi connectivity index (χ2n) is 6.84. The predicted molar refractivity (Wildman–Crippen MR) is 88.4 cm³/mol. The van der Waals surface area contributed by atoms with Crippen molar-refractivity contribution in [3.05, 3.63) is 47.3 Å². The SMILES string of the molecule is C[C@]12CCCC[C@H]1N(C(=O)c1cc(C(=O)O)[nH]n1)c1ccccc12. The number of carbonyl (C=O) groups excluding carboxylic acids is 1. The van der Waals surface area contributed by atoms with E-state index in [9.17, 15) is 9.59 Å². The fourth-order valence-corrected chi connectivity index (χ4v) is 4.29. The Balaban J connectivity index is 1.78. The van der Waals surface area contributed by atoms with Gasteiger partial charge in [0.15, 0.2) is 5.69 Å². The highest BCUT2D eigenvalue weighted by Gasteiger charge is 2.50. The maximum atomic E-state index is 13.1. The molecule has 0 bridgehead atoms. The first-order chi connectivity index (χ1) is 11.5. The number of benzene rings is 1. The highest BCUT2D eigenvalue weighted by Crippen LogP contribution is 2.52. The van der Waals surface area contributed by atoms with E-state index in [1.807, 2.05) is 23.1 Å². The van der Waals surface area contributed by atoms with Crippen LogP contribution in [0.4, 0.5) is 5.69 Å². The largest absolute Gasteiger partial charge is 0.477 e. The van der Waals surface area contributed by atoms with Crippen LogP contribution in [0.3, 0.4) is 0 Å². The lowest BCUT2D eigenvalue weighted by molar-refractivity contribution is 0.0690. The van der Waals surface area contributed by atoms with Gasteiger partial charge in [0.25, 0.3) is 5.91 Å². The summed E-state index contributed by atoms with van der Waals surface area (Å²) in [6.45, 7) is 2.23. The van der Waals surface area contributed by atoms with E-state index in [4.69, 9.17) is 5.11 Å². The van der Waals surface area contributed by atoms with Crippen molar-refractivity contribution < 1.29 is 14.7 Å². The minimum Gasteiger partial charge on any atom is -0.477 e. The van der Waals surface area contributed by atoms with Crippen LogP contribution in [0.2, 0.25) is 0 Å². The third-order valence-electron chi connectivity index (χ3n) is 5.50. The van der Waals surface area contributed by atoms with E-state index in [-0.39, 0.29) is 28.8 Å². The smallest absolute Gasteiger partial charge is 0.353 e. The molecule has 2 heterocycles. The second-order valence-corrected chi connectivity index (χ2v) is 6.84. The van der Waals surface area contributed by atoms with Gasteiger partial charge in [-0.05, 0) is 24.5 Å². The van der Waals surface area contributed by atoms with Crippen molar-refractivity contribution >= 4 is 17.6 Å². The first kappa shape index (κ1) is 14.9. The molecule has 1 aliphatic carbocycles. The zero-order chi connectivity index (χ0) is 16.9. The molecule has 1 aromatic heterocycles. The van der Waals surface area contributed by atoms with Gasteiger partial charge >= 0.3 is 5.97 Å². The maximum Gasteiger partial charge on any atom is 0.353 e. The van der Waals surface area contributed by atoms with E-state index in [0.29, 0.717) is 0 Å². The second kappa shape index (κ2) is 5.19. The Morgan fingerprint density at radius 3 is 2.88 bits per heavy atom. The van der Waals surface area contributed by atoms with Gasteiger partial charge in [-0.25, -0.2) is 4.79 Å². The van der Waals surface area contributed by atoms with Crippen LogP contribution in [0.1, 0.15) is 59.1 Å². The highest BCUT2D eigenvalue weighted by atomic mass is 16.4. The van der Waals surface area contributed by atoms with Crippen molar-refractivity contribution in [1.82, 2.24) is 10.2 Å². The first-order valence-electron chi connectivity index (χ1n) is 8.24. The number of aromatic amines is 1. The molecule has 2 aliphatic rings. The number of hydrogen-bond donors (Lipinski definition) is 2. The summed E-state index contributed by atoms with van der Waals surface area (Å²) in [4.78, 5) is 26.0. The summed E-state index contributed by atoms with van der Waals surface area (Å²) in [5, 5.41) is 15.4. The molecule has 2 aromatic rings. The van der Waals surface area contributed by atoms with Gasteiger partial charge in [-0.15, -0.1) is 0 Å². The Kier molecular flexibility index (Phi) is 3.23. The lowest BCUT2D eigenvalue weighted by atomic mass is 9.69. The molecule has 6 nitrogen and oxygen atoms in total. The lowest BCUT2D eigenvalue weighted by Crippen LogP contribution is -2.48. The van der Waals surface area contributed by atoms with Gasteiger partial charge in [0.05, 0.1) is 0 Å². The molecule has 1 saturated carbocycles. The van der Waals surface area contributed by atoms with Crippen LogP contribution in [0.25, 0.3) is 0 Å². The standard InChI is InChI=1S/C18H19N3O3/c1-18-9-5-4-8-15(18)21(14-7-3-2-6-11(14)18)16(22)12-10-13(17(23)24)20-19-12/h2-3,6-7,10,15H,4-5,8-9H2,1H3,(H,19,20)(H,23,24)/t15-,18-/m1/s1. The van der Waals surface area contributed by atoms with Gasteiger partial charge in [-0.2, -0.15) is 5.10 Å². The van der Waals surface area contributed by atoms with Gasteiger partial charge in [0, 0.05) is 23.2 Å². The fourth-order valence-electron chi connectivity index (χ4n) is 4.29. The molecule has 24 heavy (non-hydrogen) atoms. The van der Waals surface area contributed by atoms with Gasteiger partial charge in [-0.1, -0.05) is 38.0 Å². The minimum atomic E-state index is -1.12. The molecule has 6 heteroatoms. The Morgan fingerprint density at radius 1 is 1.33 bits per heavy atom. The van der Waals surface area contributed by atoms with Crippen LogP contribution in [0.15, 0.2) is 30.3 Å². The van der Waals surface area contributed by atoms with Gasteiger partial charge in [-0.3, -0.25) is 9.89 Å². The molecule has 1 amide bonds. The number of amides is 1. The van der Waals surface area contributed by atoms with Crippen LogP contribution in [0, 0.1) is 0 Å². The number of carboxylic acid groups (broad SMARTS) is 1. The molecular formula is C18H19N3O3. The van der Waals surface area contributed by atoms with Crippen molar-refractivity contribution in [2.45, 2.75) is 44.1 Å². The Labute approximate surface area is 139 Å². The topological polar surface area (TPSA) is 86.3 Å². The van der Waals surface area contributed by atoms with E-state index in [2.05, 4.69) is 23.2 Å². The van der Waals surface area contributed by atoms with Crippen LogP contribution >= 0.6 is 0 Å². The van der Waals surface area contributed by atoms with E-state index >= 15 is 0 Å². The molecule has 1 aliphatic heterocycles. The molecule has 124 valence electrons. The number of H-pyrrole nitrogens is 1. The lowest BCUT2D eigenvalue weighted by Gasteiger charge is -2.39. The van der Waals surface area contributed by atoms with Gasteiger partial charge in [0.2, 0.25) is 0 Å². The van der Waals surface area contributed by atoms with Gasteiger partial charge < -0.3 is 10.0 Å². The zero-order valence-electron chi connectivity index (χ0n) is 13.5. The highest BCUT2D eigenvalue weighted by molar-refractivity contribution is 6.08. The summed E-state index contributed by atoms with van der Waals surface area (Å²) < 4.78 is 0. The first-order valence-corrected chi connectivity index (χ1v) is 8.24. The number of anilines is 1. The summed E-state index contributed by atoms with van der Waals surface area (Å²) in [5.41, 5.74) is 2.17. The van der Waals surface area contributed by atoms with Crippen LogP contribution in [0.5, 0.6) is 0 Å². The van der Waals surface area contributed by atoms with Crippen LogP contribution < -0.4 is 4.90 Å². The average molecular weight is 325 g/mol. The monoisotopic (exact) mass is 325 g/mol. The average Bonchev–Trinajstić information content (AvgIpc) is 3.16. The molecule has 0 unspecified atom stereocenters. The molecule has 4 rings (SSSR count). The zero-order valence-corrected chi connectivity index (χ0v) is 13.5. The van der Waals surface area contributed by atoms with Crippen molar-refractivity contribution in [3.63, 3.8) is 0 Å². The summed E-state index contributed by atoms with van der Waals surface area (Å²) in [6, 6.07) is 9.44. The number of para-hydroxylation sites is 1. The molecule has 0 spiro atoms. The number of aromatic carboxylic acids is 1. The third kappa shape index (κ3) is 1.99. The number of hydrogen-bond acceptors (Lipinski definition) is 3. The summed E-state index contributed by atoms with van der Waals surface area (Å²) in [7, 11) is 0. The maximum absolute atomic E-state index is 13.1. The minimum absolute atomic E-state index is 0.0452. The molecule has 2 atom stereocenters. The molecular weight excluding hydrogens is 306 g/mol. The van der Waals surface area contributed by atoms with E-state index < -0.39 is 5.97 Å². The van der Waals surface area contributed by atoms with E-state index in [1.54, 1.807) is 0 Å². The summed E-state index contributed by atoms with van der Waals surface area (Å²) in [6.07, 6.45) is 4.26. The number of fused-ring (bicyclic) bond motifs is 3. The Morgan fingerprint density at radius 2 is 2.12 bits per heavy atom. The molecule has 0 radical (unpaired) electrons. The van der Waals surface area contributed by atoms with Crippen molar-refractivity contribution in [1.29, 1.82) is 0 Å². The Hall–Kier alpha value is -2.63. The number of rotatable bonds is 2. The number of carbonyl (C=O) groups is 2. The van der Waals surface area contributed by atoms with Crippen molar-refractivity contribution in [2.75, 3.05) is 4.90 Å². The summed E-state index contributed by atoms with van der Waals surface area (Å²) in [5.74, 6) is -1.35. The van der Waals surface area contributed by atoms with Crippen LogP contribution in [-0.2, 0) is 5.41 Å². The van der Waals surface area contributed by atoms with Crippen LogP contribution in [-0.4, -0.2) is 33.2 Å². The quantitative estimate of drug-likeness (QED) is 0.889.